The highest BCUT2D eigenvalue weighted by Crippen LogP contribution is 2.41. The normalized spacial score (nSPS) is 30.4. The second-order valence-electron chi connectivity index (χ2n) is 7.45. The molecule has 0 bridgehead atoms. The second-order valence-corrected chi connectivity index (χ2v) is 7.45. The molecule has 4 nitrogen and oxygen atoms in total. The molecule has 1 aromatic rings. The highest BCUT2D eigenvalue weighted by Gasteiger charge is 2.44. The summed E-state index contributed by atoms with van der Waals surface area (Å²) in [5.41, 5.74) is 1.61. The van der Waals surface area contributed by atoms with Gasteiger partial charge in [-0.15, -0.1) is 0 Å². The molecule has 2 aliphatic heterocycles. The Kier molecular flexibility index (Phi) is 4.11. The van der Waals surface area contributed by atoms with E-state index in [1.165, 1.54) is 24.8 Å². The third-order valence-electron chi connectivity index (χ3n) is 5.95. The number of hydrogen-bond donors (Lipinski definition) is 2. The van der Waals surface area contributed by atoms with E-state index >= 15 is 0 Å². The van der Waals surface area contributed by atoms with Gasteiger partial charge in [0.15, 0.2) is 0 Å². The van der Waals surface area contributed by atoms with Gasteiger partial charge in [-0.2, -0.15) is 5.26 Å². The number of nitrogens with one attached hydrogen (secondary N) is 2. The molecule has 1 aromatic carbocycles. The van der Waals surface area contributed by atoms with E-state index in [-0.39, 0.29) is 5.54 Å². The minimum atomic E-state index is 0.131. The van der Waals surface area contributed by atoms with Crippen LogP contribution in [0.25, 0.3) is 0 Å². The molecule has 2 saturated heterocycles. The highest BCUT2D eigenvalue weighted by atomic mass is 15.3. The lowest BCUT2D eigenvalue weighted by Crippen LogP contribution is -2.70. The molecule has 3 fully saturated rings. The SMILES string of the molecule is N#CCC1(N2CCC(N[C@@H]3C[C@@H]3c3ccccc3)CC2)CNC1. The van der Waals surface area contributed by atoms with Gasteiger partial charge in [-0.3, -0.25) is 4.90 Å². The van der Waals surface area contributed by atoms with Crippen LogP contribution in [-0.4, -0.2) is 48.7 Å². The number of piperidine rings is 1. The average molecular weight is 310 g/mol. The molecule has 2 heterocycles. The Morgan fingerprint density at radius 2 is 1.96 bits per heavy atom. The van der Waals surface area contributed by atoms with E-state index in [1.54, 1.807) is 0 Å². The van der Waals surface area contributed by atoms with E-state index in [4.69, 9.17) is 5.26 Å². The fraction of sp³-hybridized carbons (Fsp3) is 0.632. The van der Waals surface area contributed by atoms with Crippen molar-refractivity contribution in [2.45, 2.75) is 49.2 Å². The van der Waals surface area contributed by atoms with Gasteiger partial charge < -0.3 is 10.6 Å². The highest BCUT2D eigenvalue weighted by molar-refractivity contribution is 5.27. The summed E-state index contributed by atoms with van der Waals surface area (Å²) in [5.74, 6) is 0.718. The minimum absolute atomic E-state index is 0.131. The van der Waals surface area contributed by atoms with Gasteiger partial charge in [-0.25, -0.2) is 0 Å². The van der Waals surface area contributed by atoms with Crippen LogP contribution in [0.4, 0.5) is 0 Å². The van der Waals surface area contributed by atoms with Crippen molar-refractivity contribution in [3.8, 4) is 6.07 Å². The minimum Gasteiger partial charge on any atom is -0.313 e. The van der Waals surface area contributed by atoms with Crippen LogP contribution in [0, 0.1) is 11.3 Å². The van der Waals surface area contributed by atoms with E-state index in [9.17, 15) is 0 Å². The van der Waals surface area contributed by atoms with Crippen LogP contribution in [0.15, 0.2) is 30.3 Å². The standard InChI is InChI=1S/C19H26N4/c20-9-8-19(13-21-14-19)23-10-6-16(7-11-23)22-18-12-17(18)15-4-2-1-3-5-15/h1-5,16-18,21-22H,6-8,10-14H2/t17-,18-/m1/s1. The molecule has 0 unspecified atom stereocenters. The van der Waals surface area contributed by atoms with Crippen LogP contribution >= 0.6 is 0 Å². The van der Waals surface area contributed by atoms with Crippen molar-refractivity contribution in [3.63, 3.8) is 0 Å². The van der Waals surface area contributed by atoms with Crippen molar-refractivity contribution >= 4 is 0 Å². The number of benzene rings is 1. The summed E-state index contributed by atoms with van der Waals surface area (Å²) in [4.78, 5) is 2.56. The van der Waals surface area contributed by atoms with Gasteiger partial charge in [0, 0.05) is 44.2 Å². The molecule has 0 radical (unpaired) electrons. The molecule has 0 spiro atoms. The first-order valence-corrected chi connectivity index (χ1v) is 8.94. The molecule has 1 aliphatic carbocycles. The third kappa shape index (κ3) is 3.01. The van der Waals surface area contributed by atoms with Gasteiger partial charge in [0.25, 0.3) is 0 Å². The van der Waals surface area contributed by atoms with Crippen LogP contribution in [-0.2, 0) is 0 Å². The maximum absolute atomic E-state index is 9.10. The first kappa shape index (κ1) is 15.1. The van der Waals surface area contributed by atoms with Crippen molar-refractivity contribution in [3.05, 3.63) is 35.9 Å². The monoisotopic (exact) mass is 310 g/mol. The molecule has 2 atom stereocenters. The van der Waals surface area contributed by atoms with E-state index in [0.29, 0.717) is 18.5 Å². The zero-order chi connectivity index (χ0) is 15.7. The molecule has 3 aliphatic rings. The lowest BCUT2D eigenvalue weighted by molar-refractivity contribution is 0.0182. The van der Waals surface area contributed by atoms with Gasteiger partial charge in [0.2, 0.25) is 0 Å². The largest absolute Gasteiger partial charge is 0.313 e. The molecule has 0 aromatic heterocycles. The Morgan fingerprint density at radius 1 is 1.22 bits per heavy atom. The Hall–Kier alpha value is -1.41. The maximum Gasteiger partial charge on any atom is 0.0642 e. The van der Waals surface area contributed by atoms with Crippen molar-refractivity contribution < 1.29 is 0 Å². The zero-order valence-corrected chi connectivity index (χ0v) is 13.7. The first-order valence-electron chi connectivity index (χ1n) is 8.94. The summed E-state index contributed by atoms with van der Waals surface area (Å²) >= 11 is 0. The summed E-state index contributed by atoms with van der Waals surface area (Å²) in [7, 11) is 0. The quantitative estimate of drug-likeness (QED) is 0.871. The van der Waals surface area contributed by atoms with Crippen LogP contribution < -0.4 is 10.6 Å². The summed E-state index contributed by atoms with van der Waals surface area (Å²) in [6.07, 6.45) is 4.37. The summed E-state index contributed by atoms with van der Waals surface area (Å²) in [6.45, 7) is 4.22. The molecular formula is C19H26N4. The maximum atomic E-state index is 9.10. The van der Waals surface area contributed by atoms with Crippen molar-refractivity contribution in [2.24, 2.45) is 0 Å². The van der Waals surface area contributed by atoms with Gasteiger partial charge in [-0.05, 0) is 24.8 Å². The topological polar surface area (TPSA) is 51.1 Å². The third-order valence-corrected chi connectivity index (χ3v) is 5.95. The molecule has 0 amide bonds. The first-order chi connectivity index (χ1) is 11.3. The van der Waals surface area contributed by atoms with Crippen molar-refractivity contribution in [1.29, 1.82) is 5.26 Å². The van der Waals surface area contributed by atoms with Crippen LogP contribution in [0.1, 0.15) is 37.2 Å². The van der Waals surface area contributed by atoms with E-state index in [2.05, 4.69) is 51.9 Å². The van der Waals surface area contributed by atoms with E-state index in [0.717, 1.165) is 32.1 Å². The van der Waals surface area contributed by atoms with E-state index < -0.39 is 0 Å². The van der Waals surface area contributed by atoms with Crippen LogP contribution in [0.3, 0.4) is 0 Å². The molecule has 23 heavy (non-hydrogen) atoms. The fourth-order valence-electron chi connectivity index (χ4n) is 4.29. The molecule has 122 valence electrons. The summed E-state index contributed by atoms with van der Waals surface area (Å²) < 4.78 is 0. The fourth-order valence-corrected chi connectivity index (χ4v) is 4.29. The Balaban J connectivity index is 1.26. The molecular weight excluding hydrogens is 284 g/mol. The van der Waals surface area contributed by atoms with Crippen LogP contribution in [0.5, 0.6) is 0 Å². The predicted octanol–water partition coefficient (Wildman–Crippen LogP) is 1.85. The van der Waals surface area contributed by atoms with Crippen LogP contribution in [0.2, 0.25) is 0 Å². The molecule has 4 heteroatoms. The van der Waals surface area contributed by atoms with Gasteiger partial charge in [0.1, 0.15) is 0 Å². The summed E-state index contributed by atoms with van der Waals surface area (Å²) in [5, 5.41) is 16.3. The number of nitrogens with zero attached hydrogens (tertiary/aromatic N) is 2. The Morgan fingerprint density at radius 3 is 2.57 bits per heavy atom. The van der Waals surface area contributed by atoms with Gasteiger partial charge in [0.05, 0.1) is 18.0 Å². The molecule has 1 saturated carbocycles. The smallest absolute Gasteiger partial charge is 0.0642 e. The molecule has 2 N–H and O–H groups in total. The number of rotatable bonds is 5. The van der Waals surface area contributed by atoms with Crippen molar-refractivity contribution in [2.75, 3.05) is 26.2 Å². The van der Waals surface area contributed by atoms with Gasteiger partial charge in [-0.1, -0.05) is 30.3 Å². The lowest BCUT2D eigenvalue weighted by Gasteiger charge is -2.52. The number of likely N-dealkylation sites (tertiary alicyclic amines) is 1. The van der Waals surface area contributed by atoms with Gasteiger partial charge >= 0.3 is 0 Å². The number of nitriles is 1. The predicted molar refractivity (Wildman–Crippen MR) is 91.1 cm³/mol. The second kappa shape index (κ2) is 6.24. The number of hydrogen-bond acceptors (Lipinski definition) is 4. The average Bonchev–Trinajstić information content (AvgIpc) is 3.32. The molecule has 4 rings (SSSR count). The summed E-state index contributed by atoms with van der Waals surface area (Å²) in [6, 6.07) is 14.6. The lowest BCUT2D eigenvalue weighted by atomic mass is 9.85. The Labute approximate surface area is 138 Å². The van der Waals surface area contributed by atoms with Crippen molar-refractivity contribution in [1.82, 2.24) is 15.5 Å². The zero-order valence-electron chi connectivity index (χ0n) is 13.7. The van der Waals surface area contributed by atoms with E-state index in [1.807, 2.05) is 0 Å². The Bertz CT molecular complexity index is 567.